The molecule has 0 aliphatic heterocycles. The number of rotatable bonds is 34. The number of nitrogens with zero attached hydrogens (tertiary/aromatic N) is 1. The van der Waals surface area contributed by atoms with Crippen LogP contribution in [0.1, 0.15) is 162 Å². The summed E-state index contributed by atoms with van der Waals surface area (Å²) in [5, 5.41) is 0. The Morgan fingerprint density at radius 2 is 1.05 bits per heavy atom. The molecular weight excluding hydrogens is 577 g/mol. The number of esters is 1. The summed E-state index contributed by atoms with van der Waals surface area (Å²) in [5.41, 5.74) is 0. The number of quaternary nitrogens is 1. The van der Waals surface area contributed by atoms with E-state index < -0.39 is 13.9 Å². The minimum atomic E-state index is -4.25. The normalized spacial score (nSPS) is 14.0. The zero-order valence-electron chi connectivity index (χ0n) is 29.7. The number of phosphoric acid groups is 1. The molecule has 0 spiro atoms. The SMILES string of the molecule is CCCCCCCCCCCCCCC(=O)OC(COCCCCCCCCCCCC)COP(=O)(O)OCC[N+](C)(C)C. The van der Waals surface area contributed by atoms with E-state index >= 15 is 0 Å². The van der Waals surface area contributed by atoms with Crippen LogP contribution in [-0.2, 0) is 27.9 Å². The van der Waals surface area contributed by atoms with Crippen LogP contribution in [0.15, 0.2) is 0 Å². The van der Waals surface area contributed by atoms with Crippen molar-refractivity contribution in [1.82, 2.24) is 0 Å². The Balaban J connectivity index is 4.30. The van der Waals surface area contributed by atoms with E-state index in [0.29, 0.717) is 24.1 Å². The van der Waals surface area contributed by atoms with Crippen LogP contribution >= 0.6 is 7.82 Å². The molecule has 0 fully saturated rings. The molecule has 0 amide bonds. The van der Waals surface area contributed by atoms with E-state index in [0.717, 1.165) is 32.1 Å². The largest absolute Gasteiger partial charge is 0.472 e. The summed E-state index contributed by atoms with van der Waals surface area (Å²) in [6.07, 6.45) is 26.9. The highest BCUT2D eigenvalue weighted by molar-refractivity contribution is 7.47. The van der Waals surface area contributed by atoms with Crippen molar-refractivity contribution < 1.29 is 37.3 Å². The lowest BCUT2D eigenvalue weighted by Crippen LogP contribution is -2.37. The summed E-state index contributed by atoms with van der Waals surface area (Å²) in [6.45, 7) is 5.63. The fraction of sp³-hybridized carbons (Fsp3) is 0.971. The second-order valence-corrected chi connectivity index (χ2v) is 15.1. The Hall–Kier alpha value is -0.500. The van der Waals surface area contributed by atoms with Crippen molar-refractivity contribution in [3.05, 3.63) is 0 Å². The fourth-order valence-corrected chi connectivity index (χ4v) is 5.76. The van der Waals surface area contributed by atoms with Crippen LogP contribution in [0.5, 0.6) is 0 Å². The molecule has 44 heavy (non-hydrogen) atoms. The summed E-state index contributed by atoms with van der Waals surface area (Å²) in [5.74, 6) is -0.313. The van der Waals surface area contributed by atoms with Gasteiger partial charge in [0.2, 0.25) is 0 Å². The molecule has 0 saturated heterocycles. The lowest BCUT2D eigenvalue weighted by atomic mass is 10.0. The Bertz CT molecular complexity index is 686. The Morgan fingerprint density at radius 1 is 0.614 bits per heavy atom. The van der Waals surface area contributed by atoms with Crippen molar-refractivity contribution in [2.24, 2.45) is 0 Å². The van der Waals surface area contributed by atoms with Gasteiger partial charge in [-0.15, -0.1) is 0 Å². The molecule has 264 valence electrons. The maximum Gasteiger partial charge on any atom is 0.472 e. The number of hydrogen-bond acceptors (Lipinski definition) is 6. The third kappa shape index (κ3) is 32.9. The highest BCUT2D eigenvalue weighted by Gasteiger charge is 2.26. The summed E-state index contributed by atoms with van der Waals surface area (Å²) >= 11 is 0. The molecule has 0 aliphatic carbocycles. The number of hydrogen-bond donors (Lipinski definition) is 1. The number of carbonyl (C=O) groups is 1. The van der Waals surface area contributed by atoms with E-state index in [4.69, 9.17) is 18.5 Å². The maximum absolute atomic E-state index is 12.6. The van der Waals surface area contributed by atoms with Crippen molar-refractivity contribution in [2.45, 2.75) is 168 Å². The quantitative estimate of drug-likeness (QED) is 0.0321. The summed E-state index contributed by atoms with van der Waals surface area (Å²) in [7, 11) is 1.68. The van der Waals surface area contributed by atoms with E-state index in [1.165, 1.54) is 109 Å². The van der Waals surface area contributed by atoms with Crippen LogP contribution in [0.4, 0.5) is 0 Å². The first-order valence-electron chi connectivity index (χ1n) is 18.3. The molecule has 9 heteroatoms. The molecule has 1 N–H and O–H groups in total. The van der Waals surface area contributed by atoms with Crippen molar-refractivity contribution in [1.29, 1.82) is 0 Å². The topological polar surface area (TPSA) is 91.3 Å². The molecule has 0 aromatic heterocycles. The zero-order chi connectivity index (χ0) is 32.8. The van der Waals surface area contributed by atoms with E-state index in [-0.39, 0.29) is 25.8 Å². The maximum atomic E-state index is 12.6. The van der Waals surface area contributed by atoms with Gasteiger partial charge in [-0.2, -0.15) is 0 Å². The van der Waals surface area contributed by atoms with E-state index in [2.05, 4.69) is 13.8 Å². The number of phosphoric ester groups is 1. The number of unbranched alkanes of at least 4 members (excludes halogenated alkanes) is 20. The predicted octanol–water partition coefficient (Wildman–Crippen LogP) is 9.77. The molecule has 2 unspecified atom stereocenters. The first-order valence-corrected chi connectivity index (χ1v) is 19.8. The molecule has 0 saturated carbocycles. The summed E-state index contributed by atoms with van der Waals surface area (Å²) < 4.78 is 34.7. The first-order chi connectivity index (χ1) is 21.1. The fourth-order valence-electron chi connectivity index (χ4n) is 5.02. The molecule has 0 bridgehead atoms. The van der Waals surface area contributed by atoms with Gasteiger partial charge >= 0.3 is 13.8 Å². The smallest absolute Gasteiger partial charge is 0.457 e. The number of likely N-dealkylation sites (N-methyl/N-ethyl adjacent to an activating group) is 1. The van der Waals surface area contributed by atoms with Gasteiger partial charge in [0.25, 0.3) is 0 Å². The Morgan fingerprint density at radius 3 is 1.50 bits per heavy atom. The van der Waals surface area contributed by atoms with Crippen molar-refractivity contribution in [3.63, 3.8) is 0 Å². The Labute approximate surface area is 272 Å². The second-order valence-electron chi connectivity index (χ2n) is 13.6. The third-order valence-electron chi connectivity index (χ3n) is 7.92. The van der Waals surface area contributed by atoms with Crippen molar-refractivity contribution in [2.75, 3.05) is 54.1 Å². The van der Waals surface area contributed by atoms with Gasteiger partial charge in [-0.3, -0.25) is 13.8 Å². The van der Waals surface area contributed by atoms with Gasteiger partial charge in [-0.05, 0) is 12.8 Å². The van der Waals surface area contributed by atoms with E-state index in [9.17, 15) is 14.3 Å². The molecule has 8 nitrogen and oxygen atoms in total. The lowest BCUT2D eigenvalue weighted by molar-refractivity contribution is -0.870. The van der Waals surface area contributed by atoms with Gasteiger partial charge in [0, 0.05) is 13.0 Å². The Kier molecular flexibility index (Phi) is 29.5. The molecular formula is C35H73NO7P+. The van der Waals surface area contributed by atoms with Crippen LogP contribution in [0, 0.1) is 0 Å². The van der Waals surface area contributed by atoms with Crippen LogP contribution in [-0.4, -0.2) is 75.6 Å². The van der Waals surface area contributed by atoms with Crippen molar-refractivity contribution in [3.8, 4) is 0 Å². The molecule has 0 heterocycles. The summed E-state index contributed by atoms with van der Waals surface area (Å²) in [6, 6.07) is 0. The van der Waals surface area contributed by atoms with Crippen LogP contribution in [0.2, 0.25) is 0 Å². The highest BCUT2D eigenvalue weighted by atomic mass is 31.2. The lowest BCUT2D eigenvalue weighted by Gasteiger charge is -2.24. The van der Waals surface area contributed by atoms with Gasteiger partial charge < -0.3 is 18.9 Å². The van der Waals surface area contributed by atoms with E-state index in [1.807, 2.05) is 21.1 Å². The average Bonchev–Trinajstić information content (AvgIpc) is 2.96. The highest BCUT2D eigenvalue weighted by Crippen LogP contribution is 2.43. The minimum Gasteiger partial charge on any atom is -0.457 e. The average molecular weight is 651 g/mol. The minimum absolute atomic E-state index is 0.0932. The standard InChI is InChI=1S/C35H72NO7P/c1-6-8-10-12-14-16-18-19-20-22-24-26-28-35(37)43-34(33-42-44(38,39)41-31-29-36(3,4)5)32-40-30-27-25-23-21-17-15-13-11-9-7-2/h34H,6-33H2,1-5H3/p+1. The van der Waals surface area contributed by atoms with Gasteiger partial charge in [0.05, 0.1) is 34.4 Å². The molecule has 0 aliphatic rings. The predicted molar refractivity (Wildman–Crippen MR) is 183 cm³/mol. The molecule has 0 radical (unpaired) electrons. The molecule has 0 rings (SSSR count). The van der Waals surface area contributed by atoms with Gasteiger partial charge in [-0.1, -0.05) is 142 Å². The van der Waals surface area contributed by atoms with E-state index in [1.54, 1.807) is 0 Å². The van der Waals surface area contributed by atoms with Crippen LogP contribution < -0.4 is 0 Å². The molecule has 0 aromatic rings. The van der Waals surface area contributed by atoms with Crippen molar-refractivity contribution >= 4 is 13.8 Å². The van der Waals surface area contributed by atoms with Gasteiger partial charge in [0.15, 0.2) is 0 Å². The third-order valence-corrected chi connectivity index (χ3v) is 8.90. The van der Waals surface area contributed by atoms with Gasteiger partial charge in [0.1, 0.15) is 19.3 Å². The van der Waals surface area contributed by atoms with Gasteiger partial charge in [-0.25, -0.2) is 4.57 Å². The number of carbonyl (C=O) groups excluding carboxylic acids is 1. The second kappa shape index (κ2) is 29.9. The molecule has 0 aromatic carbocycles. The van der Waals surface area contributed by atoms with Crippen LogP contribution in [0.3, 0.4) is 0 Å². The number of ether oxygens (including phenoxy) is 2. The molecule has 2 atom stereocenters. The monoisotopic (exact) mass is 651 g/mol. The zero-order valence-corrected chi connectivity index (χ0v) is 30.6. The van der Waals surface area contributed by atoms with Crippen LogP contribution in [0.25, 0.3) is 0 Å². The summed E-state index contributed by atoms with van der Waals surface area (Å²) in [4.78, 5) is 22.7. The first kappa shape index (κ1) is 43.5.